The Kier molecular flexibility index (Phi) is 7.13. The van der Waals surface area contributed by atoms with Crippen LogP contribution in [0, 0.1) is 0 Å². The lowest BCUT2D eigenvalue weighted by molar-refractivity contribution is 0.344. The highest BCUT2D eigenvalue weighted by molar-refractivity contribution is 7.98. The SMILES string of the molecule is CCCNC(C)c1ccc(OCCSC)cc1. The van der Waals surface area contributed by atoms with Gasteiger partial charge in [0, 0.05) is 11.8 Å². The maximum absolute atomic E-state index is 5.62. The third-order valence-electron chi connectivity index (χ3n) is 2.64. The van der Waals surface area contributed by atoms with Crippen molar-refractivity contribution in [2.75, 3.05) is 25.2 Å². The first-order valence-electron chi connectivity index (χ1n) is 6.23. The molecule has 0 fully saturated rings. The first-order valence-corrected chi connectivity index (χ1v) is 7.62. The van der Waals surface area contributed by atoms with Gasteiger partial charge in [-0.3, -0.25) is 0 Å². The zero-order chi connectivity index (χ0) is 12.5. The second kappa shape index (κ2) is 8.43. The van der Waals surface area contributed by atoms with E-state index < -0.39 is 0 Å². The number of benzene rings is 1. The van der Waals surface area contributed by atoms with Crippen molar-refractivity contribution in [2.24, 2.45) is 0 Å². The van der Waals surface area contributed by atoms with Gasteiger partial charge in [0.1, 0.15) is 5.75 Å². The molecule has 1 rings (SSSR count). The number of hydrogen-bond acceptors (Lipinski definition) is 3. The normalized spacial score (nSPS) is 12.4. The molecule has 0 saturated heterocycles. The third kappa shape index (κ3) is 5.46. The van der Waals surface area contributed by atoms with Crippen molar-refractivity contribution in [1.29, 1.82) is 0 Å². The zero-order valence-corrected chi connectivity index (χ0v) is 11.8. The standard InChI is InChI=1S/C14H23NOS/c1-4-9-15-12(2)13-5-7-14(8-6-13)16-10-11-17-3/h5-8,12,15H,4,9-11H2,1-3H3. The molecule has 0 radical (unpaired) electrons. The van der Waals surface area contributed by atoms with Crippen molar-refractivity contribution in [1.82, 2.24) is 5.32 Å². The van der Waals surface area contributed by atoms with E-state index in [-0.39, 0.29) is 0 Å². The van der Waals surface area contributed by atoms with Gasteiger partial charge in [0.25, 0.3) is 0 Å². The second-order valence-corrected chi connectivity index (χ2v) is 5.07. The Morgan fingerprint density at radius 1 is 1.29 bits per heavy atom. The van der Waals surface area contributed by atoms with Crippen molar-refractivity contribution in [3.63, 3.8) is 0 Å². The molecule has 3 heteroatoms. The molecule has 0 aliphatic rings. The number of ether oxygens (including phenoxy) is 1. The van der Waals surface area contributed by atoms with E-state index in [1.165, 1.54) is 12.0 Å². The molecule has 0 amide bonds. The van der Waals surface area contributed by atoms with E-state index in [9.17, 15) is 0 Å². The maximum atomic E-state index is 5.62. The van der Waals surface area contributed by atoms with Gasteiger partial charge in [0.05, 0.1) is 6.61 Å². The zero-order valence-electron chi connectivity index (χ0n) is 11.0. The quantitative estimate of drug-likeness (QED) is 0.717. The van der Waals surface area contributed by atoms with Gasteiger partial charge in [-0.25, -0.2) is 0 Å². The van der Waals surface area contributed by atoms with Crippen molar-refractivity contribution < 1.29 is 4.74 Å². The summed E-state index contributed by atoms with van der Waals surface area (Å²) in [6.45, 7) is 6.22. The van der Waals surface area contributed by atoms with Crippen molar-refractivity contribution in [3.8, 4) is 5.75 Å². The molecule has 1 unspecified atom stereocenters. The minimum absolute atomic E-state index is 0.412. The van der Waals surface area contributed by atoms with Gasteiger partial charge in [-0.1, -0.05) is 19.1 Å². The van der Waals surface area contributed by atoms with E-state index in [1.807, 2.05) is 0 Å². The van der Waals surface area contributed by atoms with Gasteiger partial charge in [-0.2, -0.15) is 11.8 Å². The molecule has 2 nitrogen and oxygen atoms in total. The Morgan fingerprint density at radius 2 is 2.00 bits per heavy atom. The van der Waals surface area contributed by atoms with Crippen LogP contribution in [0.4, 0.5) is 0 Å². The molecular weight excluding hydrogens is 230 g/mol. The van der Waals surface area contributed by atoms with E-state index in [0.29, 0.717) is 6.04 Å². The Hall–Kier alpha value is -0.670. The second-order valence-electron chi connectivity index (χ2n) is 4.09. The predicted octanol–water partition coefficient (Wildman–Crippen LogP) is 3.49. The van der Waals surface area contributed by atoms with E-state index in [4.69, 9.17) is 4.74 Å². The van der Waals surface area contributed by atoms with Crippen molar-refractivity contribution in [3.05, 3.63) is 29.8 Å². The van der Waals surface area contributed by atoms with Crippen LogP contribution >= 0.6 is 11.8 Å². The van der Waals surface area contributed by atoms with Crippen LogP contribution in [-0.4, -0.2) is 25.2 Å². The monoisotopic (exact) mass is 253 g/mol. The molecule has 1 aromatic rings. The van der Waals surface area contributed by atoms with Crippen LogP contribution in [0.25, 0.3) is 0 Å². The van der Waals surface area contributed by atoms with E-state index in [2.05, 4.69) is 49.7 Å². The molecule has 1 N–H and O–H groups in total. The Morgan fingerprint density at radius 3 is 2.59 bits per heavy atom. The Labute approximate surface area is 109 Å². The highest BCUT2D eigenvalue weighted by atomic mass is 32.2. The van der Waals surface area contributed by atoms with Gasteiger partial charge in [-0.05, 0) is 43.8 Å². The molecule has 0 bridgehead atoms. The average Bonchev–Trinajstić information content (AvgIpc) is 2.37. The van der Waals surface area contributed by atoms with Gasteiger partial charge in [0.2, 0.25) is 0 Å². The topological polar surface area (TPSA) is 21.3 Å². The molecular formula is C14H23NOS. The summed E-state index contributed by atoms with van der Waals surface area (Å²) in [5.41, 5.74) is 1.32. The van der Waals surface area contributed by atoms with Crippen LogP contribution in [0.3, 0.4) is 0 Å². The predicted molar refractivity (Wildman–Crippen MR) is 77.0 cm³/mol. The Balaban J connectivity index is 2.43. The summed E-state index contributed by atoms with van der Waals surface area (Å²) in [4.78, 5) is 0. The van der Waals surface area contributed by atoms with Crippen molar-refractivity contribution >= 4 is 11.8 Å². The number of rotatable bonds is 8. The molecule has 0 aliphatic carbocycles. The smallest absolute Gasteiger partial charge is 0.119 e. The van der Waals surface area contributed by atoms with Crippen LogP contribution in [0.2, 0.25) is 0 Å². The number of hydrogen-bond donors (Lipinski definition) is 1. The molecule has 17 heavy (non-hydrogen) atoms. The highest BCUT2D eigenvalue weighted by Gasteiger charge is 2.03. The fourth-order valence-electron chi connectivity index (χ4n) is 1.57. The van der Waals surface area contributed by atoms with Crippen LogP contribution in [-0.2, 0) is 0 Å². The molecule has 0 aromatic heterocycles. The van der Waals surface area contributed by atoms with Gasteiger partial charge in [-0.15, -0.1) is 0 Å². The maximum Gasteiger partial charge on any atom is 0.119 e. The summed E-state index contributed by atoms with van der Waals surface area (Å²) in [5, 5.41) is 3.48. The third-order valence-corrected chi connectivity index (χ3v) is 3.21. The summed E-state index contributed by atoms with van der Waals surface area (Å²) < 4.78 is 5.62. The summed E-state index contributed by atoms with van der Waals surface area (Å²) in [5.74, 6) is 2.00. The van der Waals surface area contributed by atoms with Crippen LogP contribution in [0.15, 0.2) is 24.3 Å². The molecule has 0 saturated carbocycles. The molecule has 1 atom stereocenters. The summed E-state index contributed by atoms with van der Waals surface area (Å²) in [7, 11) is 0. The fraction of sp³-hybridized carbons (Fsp3) is 0.571. The first kappa shape index (κ1) is 14.4. The highest BCUT2D eigenvalue weighted by Crippen LogP contribution is 2.17. The van der Waals surface area contributed by atoms with Gasteiger partial charge in [0.15, 0.2) is 0 Å². The molecule has 0 aliphatic heterocycles. The number of nitrogens with one attached hydrogen (secondary N) is 1. The summed E-state index contributed by atoms with van der Waals surface area (Å²) >= 11 is 1.80. The fourth-order valence-corrected chi connectivity index (χ4v) is 1.82. The average molecular weight is 253 g/mol. The summed E-state index contributed by atoms with van der Waals surface area (Å²) in [6.07, 6.45) is 3.26. The van der Waals surface area contributed by atoms with Gasteiger partial charge >= 0.3 is 0 Å². The minimum Gasteiger partial charge on any atom is -0.493 e. The lowest BCUT2D eigenvalue weighted by Gasteiger charge is -2.14. The van der Waals surface area contributed by atoms with Crippen molar-refractivity contribution in [2.45, 2.75) is 26.3 Å². The lowest BCUT2D eigenvalue weighted by atomic mass is 10.1. The molecule has 0 spiro atoms. The molecule has 96 valence electrons. The van der Waals surface area contributed by atoms with Crippen LogP contribution < -0.4 is 10.1 Å². The van der Waals surface area contributed by atoms with Crippen LogP contribution in [0.1, 0.15) is 31.9 Å². The minimum atomic E-state index is 0.412. The summed E-state index contributed by atoms with van der Waals surface area (Å²) in [6, 6.07) is 8.80. The van der Waals surface area contributed by atoms with E-state index in [0.717, 1.165) is 24.7 Å². The largest absolute Gasteiger partial charge is 0.493 e. The first-order chi connectivity index (χ1) is 8.27. The van der Waals surface area contributed by atoms with Gasteiger partial charge < -0.3 is 10.1 Å². The lowest BCUT2D eigenvalue weighted by Crippen LogP contribution is -2.19. The molecule has 1 aromatic carbocycles. The van der Waals surface area contributed by atoms with E-state index >= 15 is 0 Å². The van der Waals surface area contributed by atoms with E-state index in [1.54, 1.807) is 11.8 Å². The molecule has 0 heterocycles. The Bertz CT molecular complexity index is 300. The number of thioether (sulfide) groups is 1. The van der Waals surface area contributed by atoms with Crippen LogP contribution in [0.5, 0.6) is 5.75 Å².